The number of ether oxygens (including phenoxy) is 1. The van der Waals surface area contributed by atoms with Crippen LogP contribution in [0, 0.1) is 0 Å². The van der Waals surface area contributed by atoms with Gasteiger partial charge in [-0.05, 0) is 36.4 Å². The Hall–Kier alpha value is -3.61. The zero-order valence-corrected chi connectivity index (χ0v) is 14.1. The molecule has 7 nitrogen and oxygen atoms in total. The molecule has 2 amide bonds. The van der Waals surface area contributed by atoms with Crippen LogP contribution in [0.2, 0.25) is 0 Å². The molecule has 26 heavy (non-hydrogen) atoms. The molecule has 0 aliphatic rings. The van der Waals surface area contributed by atoms with E-state index in [1.54, 1.807) is 37.4 Å². The molecule has 1 aromatic heterocycles. The second-order valence-corrected chi connectivity index (χ2v) is 5.55. The van der Waals surface area contributed by atoms with Crippen LogP contribution in [0.25, 0.3) is 11.3 Å². The highest BCUT2D eigenvalue weighted by Crippen LogP contribution is 2.23. The Kier molecular flexibility index (Phi) is 4.98. The van der Waals surface area contributed by atoms with Gasteiger partial charge in [0.25, 0.3) is 5.91 Å². The summed E-state index contributed by atoms with van der Waals surface area (Å²) in [4.78, 5) is 23.6. The van der Waals surface area contributed by atoms with Crippen molar-refractivity contribution in [3.63, 3.8) is 0 Å². The van der Waals surface area contributed by atoms with Crippen LogP contribution < -0.4 is 15.8 Å². The van der Waals surface area contributed by atoms with Crippen molar-refractivity contribution in [1.82, 2.24) is 5.16 Å². The summed E-state index contributed by atoms with van der Waals surface area (Å²) in [5.41, 5.74) is 7.22. The molecule has 0 unspecified atom stereocenters. The topological polar surface area (TPSA) is 107 Å². The van der Waals surface area contributed by atoms with Crippen LogP contribution in [0.3, 0.4) is 0 Å². The van der Waals surface area contributed by atoms with Gasteiger partial charge in [-0.2, -0.15) is 0 Å². The van der Waals surface area contributed by atoms with Crippen LogP contribution in [-0.4, -0.2) is 24.1 Å². The van der Waals surface area contributed by atoms with Gasteiger partial charge in [-0.3, -0.25) is 9.59 Å². The molecule has 0 bridgehead atoms. The van der Waals surface area contributed by atoms with Crippen LogP contribution in [0.15, 0.2) is 59.1 Å². The number of aromatic nitrogens is 1. The Balaban J connectivity index is 1.69. The van der Waals surface area contributed by atoms with Gasteiger partial charge < -0.3 is 20.3 Å². The molecule has 132 valence electrons. The molecule has 0 aliphatic carbocycles. The molecule has 0 saturated carbocycles. The number of hydrogen-bond donors (Lipinski definition) is 2. The van der Waals surface area contributed by atoms with E-state index in [2.05, 4.69) is 10.5 Å². The van der Waals surface area contributed by atoms with E-state index in [0.29, 0.717) is 17.1 Å². The third kappa shape index (κ3) is 3.89. The van der Waals surface area contributed by atoms with Crippen molar-refractivity contribution in [2.24, 2.45) is 5.73 Å². The fraction of sp³-hybridized carbons (Fsp3) is 0.105. The second-order valence-electron chi connectivity index (χ2n) is 5.55. The number of nitrogens with zero attached hydrogens (tertiary/aromatic N) is 1. The number of carbonyl (C=O) groups is 2. The number of primary amides is 1. The lowest BCUT2D eigenvalue weighted by Gasteiger charge is -2.07. The first-order valence-corrected chi connectivity index (χ1v) is 7.85. The van der Waals surface area contributed by atoms with Crippen molar-refractivity contribution in [2.45, 2.75) is 6.42 Å². The lowest BCUT2D eigenvalue weighted by molar-refractivity contribution is -0.115. The number of nitrogens with one attached hydrogen (secondary N) is 1. The van der Waals surface area contributed by atoms with Crippen LogP contribution in [0.5, 0.6) is 5.75 Å². The third-order valence-electron chi connectivity index (χ3n) is 3.74. The number of benzene rings is 2. The quantitative estimate of drug-likeness (QED) is 0.710. The SMILES string of the molecule is COc1ccc(-c2cc(CC(=O)Nc3ccccc3C(N)=O)no2)cc1. The van der Waals surface area contributed by atoms with Gasteiger partial charge in [-0.1, -0.05) is 17.3 Å². The summed E-state index contributed by atoms with van der Waals surface area (Å²) in [6.45, 7) is 0. The number of carbonyl (C=O) groups excluding carboxylic acids is 2. The molecule has 0 aliphatic heterocycles. The molecular formula is C19H17N3O4. The molecular weight excluding hydrogens is 334 g/mol. The summed E-state index contributed by atoms with van der Waals surface area (Å²) in [6.07, 6.45) is 0.00670. The lowest BCUT2D eigenvalue weighted by Crippen LogP contribution is -2.19. The Labute approximate surface area is 149 Å². The minimum absolute atomic E-state index is 0.00670. The van der Waals surface area contributed by atoms with E-state index in [4.69, 9.17) is 15.0 Å². The van der Waals surface area contributed by atoms with Gasteiger partial charge in [0, 0.05) is 11.6 Å². The Bertz CT molecular complexity index is 932. The van der Waals surface area contributed by atoms with Gasteiger partial charge in [-0.25, -0.2) is 0 Å². The highest BCUT2D eigenvalue weighted by molar-refractivity contribution is 6.03. The molecule has 0 atom stereocenters. The maximum absolute atomic E-state index is 12.2. The fourth-order valence-electron chi connectivity index (χ4n) is 2.45. The highest BCUT2D eigenvalue weighted by Gasteiger charge is 2.14. The first-order chi connectivity index (χ1) is 12.6. The minimum atomic E-state index is -0.607. The monoisotopic (exact) mass is 351 g/mol. The Morgan fingerprint density at radius 1 is 1.15 bits per heavy atom. The van der Waals surface area contributed by atoms with Crippen LogP contribution in [-0.2, 0) is 11.2 Å². The summed E-state index contributed by atoms with van der Waals surface area (Å²) < 4.78 is 10.4. The van der Waals surface area contributed by atoms with Crippen molar-refractivity contribution in [3.05, 3.63) is 65.9 Å². The predicted molar refractivity (Wildman–Crippen MR) is 95.8 cm³/mol. The summed E-state index contributed by atoms with van der Waals surface area (Å²) in [6, 6.07) is 15.5. The van der Waals surface area contributed by atoms with E-state index in [9.17, 15) is 9.59 Å². The van der Waals surface area contributed by atoms with Crippen molar-refractivity contribution in [2.75, 3.05) is 12.4 Å². The second kappa shape index (κ2) is 7.52. The Morgan fingerprint density at radius 2 is 1.88 bits per heavy atom. The summed E-state index contributed by atoms with van der Waals surface area (Å²) in [5, 5.41) is 6.58. The number of methoxy groups -OCH3 is 1. The van der Waals surface area contributed by atoms with Crippen LogP contribution in [0.1, 0.15) is 16.1 Å². The zero-order chi connectivity index (χ0) is 18.5. The van der Waals surface area contributed by atoms with Gasteiger partial charge >= 0.3 is 0 Å². The van der Waals surface area contributed by atoms with E-state index in [1.165, 1.54) is 0 Å². The first kappa shape index (κ1) is 17.2. The maximum Gasteiger partial charge on any atom is 0.250 e. The van der Waals surface area contributed by atoms with E-state index in [0.717, 1.165) is 11.3 Å². The average Bonchev–Trinajstić information content (AvgIpc) is 3.10. The molecule has 3 rings (SSSR count). The zero-order valence-electron chi connectivity index (χ0n) is 14.1. The average molecular weight is 351 g/mol. The third-order valence-corrected chi connectivity index (χ3v) is 3.74. The number of rotatable bonds is 6. The predicted octanol–water partition coefficient (Wildman–Crippen LogP) is 2.63. The maximum atomic E-state index is 12.2. The number of para-hydroxylation sites is 1. The molecule has 0 fully saturated rings. The highest BCUT2D eigenvalue weighted by atomic mass is 16.5. The number of amides is 2. The van der Waals surface area contributed by atoms with Crippen molar-refractivity contribution < 1.29 is 18.8 Å². The van der Waals surface area contributed by atoms with Gasteiger partial charge in [-0.15, -0.1) is 0 Å². The summed E-state index contributed by atoms with van der Waals surface area (Å²) in [7, 11) is 1.59. The molecule has 3 N–H and O–H groups in total. The minimum Gasteiger partial charge on any atom is -0.497 e. The standard InChI is InChI=1S/C19H17N3O4/c1-25-14-8-6-12(7-9-14)17-10-13(22-26-17)11-18(23)21-16-5-3-2-4-15(16)19(20)24/h2-10H,11H2,1H3,(H2,20,24)(H,21,23). The molecule has 7 heteroatoms. The fourth-order valence-corrected chi connectivity index (χ4v) is 2.45. The Morgan fingerprint density at radius 3 is 2.58 bits per heavy atom. The van der Waals surface area contributed by atoms with E-state index in [1.807, 2.05) is 24.3 Å². The summed E-state index contributed by atoms with van der Waals surface area (Å²) >= 11 is 0. The normalized spacial score (nSPS) is 10.3. The number of nitrogens with two attached hydrogens (primary N) is 1. The van der Waals surface area contributed by atoms with Crippen LogP contribution >= 0.6 is 0 Å². The van der Waals surface area contributed by atoms with Gasteiger partial charge in [0.05, 0.1) is 30.5 Å². The van der Waals surface area contributed by atoms with E-state index < -0.39 is 5.91 Å². The largest absolute Gasteiger partial charge is 0.497 e. The lowest BCUT2D eigenvalue weighted by atomic mass is 10.1. The van der Waals surface area contributed by atoms with Crippen LogP contribution in [0.4, 0.5) is 5.69 Å². The van der Waals surface area contributed by atoms with E-state index >= 15 is 0 Å². The van der Waals surface area contributed by atoms with Gasteiger partial charge in [0.15, 0.2) is 5.76 Å². The summed E-state index contributed by atoms with van der Waals surface area (Å²) in [5.74, 6) is 0.353. The van der Waals surface area contributed by atoms with Crippen molar-refractivity contribution in [3.8, 4) is 17.1 Å². The molecule has 3 aromatic rings. The van der Waals surface area contributed by atoms with E-state index in [-0.39, 0.29) is 17.9 Å². The number of anilines is 1. The molecule has 0 spiro atoms. The van der Waals surface area contributed by atoms with Gasteiger partial charge in [0.2, 0.25) is 5.91 Å². The van der Waals surface area contributed by atoms with Crippen molar-refractivity contribution in [1.29, 1.82) is 0 Å². The van der Waals surface area contributed by atoms with Crippen molar-refractivity contribution >= 4 is 17.5 Å². The number of hydrogen-bond acceptors (Lipinski definition) is 5. The first-order valence-electron chi connectivity index (χ1n) is 7.85. The molecule has 0 saturated heterocycles. The smallest absolute Gasteiger partial charge is 0.250 e. The molecule has 0 radical (unpaired) electrons. The molecule has 2 aromatic carbocycles. The molecule has 1 heterocycles. The van der Waals surface area contributed by atoms with Gasteiger partial charge in [0.1, 0.15) is 5.75 Å².